The van der Waals surface area contributed by atoms with Crippen molar-refractivity contribution < 1.29 is 14.9 Å². The van der Waals surface area contributed by atoms with Gasteiger partial charge >= 0.3 is 0 Å². The Morgan fingerprint density at radius 1 is 1.36 bits per heavy atom. The Hall–Kier alpha value is 0.230. The van der Waals surface area contributed by atoms with E-state index in [-0.39, 0.29) is 0 Å². The second-order valence-electron chi connectivity index (χ2n) is 1.94. The molecule has 2 atom stereocenters. The summed E-state index contributed by atoms with van der Waals surface area (Å²) in [6.45, 7) is 5.88. The highest BCUT2D eigenvalue weighted by molar-refractivity contribution is 7.80. The van der Waals surface area contributed by atoms with E-state index in [1.807, 2.05) is 13.8 Å². The van der Waals surface area contributed by atoms with Crippen LogP contribution in [0.3, 0.4) is 0 Å². The third kappa shape index (κ3) is 25.3. The van der Waals surface area contributed by atoms with E-state index >= 15 is 0 Å². The lowest BCUT2D eigenvalue weighted by Crippen LogP contribution is -2.04. The van der Waals surface area contributed by atoms with Gasteiger partial charge in [0.1, 0.15) is 0 Å². The summed E-state index contributed by atoms with van der Waals surface area (Å²) in [5.41, 5.74) is -0.421. The van der Waals surface area contributed by atoms with E-state index in [1.165, 1.54) is 0 Å². The van der Waals surface area contributed by atoms with Gasteiger partial charge in [0.2, 0.25) is 0 Å². The Morgan fingerprint density at radius 3 is 1.73 bits per heavy atom. The van der Waals surface area contributed by atoms with Crippen LogP contribution < -0.4 is 0 Å². The largest absolute Gasteiger partial charge is 0.383 e. The molecule has 0 aliphatic rings. The molecule has 4 heteroatoms. The fourth-order valence-corrected chi connectivity index (χ4v) is 0.241. The van der Waals surface area contributed by atoms with Gasteiger partial charge in [0, 0.05) is 6.61 Å². The maximum absolute atomic E-state index is 8.33. The Balaban J connectivity index is 0. The van der Waals surface area contributed by atoms with Crippen LogP contribution in [0.2, 0.25) is 0 Å². The second-order valence-corrected chi connectivity index (χ2v) is 2.54. The van der Waals surface area contributed by atoms with E-state index in [2.05, 4.69) is 17.4 Å². The Bertz CT molecular complexity index is 66.7. The van der Waals surface area contributed by atoms with Crippen molar-refractivity contribution in [2.24, 2.45) is 0 Å². The summed E-state index contributed by atoms with van der Waals surface area (Å²) < 4.78 is 4.60. The van der Waals surface area contributed by atoms with Gasteiger partial charge in [0.15, 0.2) is 6.29 Å². The maximum atomic E-state index is 8.33. The van der Waals surface area contributed by atoms with E-state index < -0.39 is 11.7 Å². The number of thiol groups is 1. The number of aliphatic hydroxyl groups excluding tert-OH is 2. The van der Waals surface area contributed by atoms with Crippen molar-refractivity contribution in [2.45, 2.75) is 38.9 Å². The van der Waals surface area contributed by atoms with Crippen LogP contribution in [0, 0.1) is 0 Å². The lowest BCUT2D eigenvalue weighted by molar-refractivity contribution is -0.0800. The molecule has 0 bridgehead atoms. The molecular weight excluding hydrogens is 164 g/mol. The van der Waals surface area contributed by atoms with Crippen LogP contribution in [0.1, 0.15) is 27.2 Å². The van der Waals surface area contributed by atoms with Crippen molar-refractivity contribution in [1.82, 2.24) is 0 Å². The highest BCUT2D eigenvalue weighted by atomic mass is 32.1. The zero-order valence-electron chi connectivity index (χ0n) is 7.32. The quantitative estimate of drug-likeness (QED) is 0.451. The number of rotatable bonds is 3. The molecule has 0 aliphatic heterocycles. The zero-order valence-corrected chi connectivity index (χ0v) is 8.21. The van der Waals surface area contributed by atoms with Crippen LogP contribution in [0.4, 0.5) is 0 Å². The summed E-state index contributed by atoms with van der Waals surface area (Å²) in [4.78, 5) is 0. The first-order valence-corrected chi connectivity index (χ1v) is 4.22. The van der Waals surface area contributed by atoms with Gasteiger partial charge in [0.05, 0.1) is 5.44 Å². The van der Waals surface area contributed by atoms with Gasteiger partial charge in [-0.05, 0) is 20.3 Å². The molecular formula is C7H18O3S. The van der Waals surface area contributed by atoms with E-state index in [0.717, 1.165) is 6.42 Å². The third-order valence-corrected chi connectivity index (χ3v) is 1.14. The lowest BCUT2D eigenvalue weighted by atomic mass is 10.5. The number of hydrogen-bond acceptors (Lipinski definition) is 4. The molecule has 0 radical (unpaired) electrons. The minimum atomic E-state index is -0.602. The number of hydrogen-bond donors (Lipinski definition) is 3. The normalized spacial score (nSPS) is 14.7. The summed E-state index contributed by atoms with van der Waals surface area (Å²) in [7, 11) is 0. The maximum Gasteiger partial charge on any atom is 0.151 e. The summed E-state index contributed by atoms with van der Waals surface area (Å²) in [5.74, 6) is 0. The van der Waals surface area contributed by atoms with Gasteiger partial charge in [-0.15, -0.1) is 12.6 Å². The molecule has 70 valence electrons. The molecule has 0 aromatic rings. The average molecular weight is 182 g/mol. The molecule has 0 aromatic carbocycles. The van der Waals surface area contributed by atoms with E-state index in [1.54, 1.807) is 6.92 Å². The summed E-state index contributed by atoms with van der Waals surface area (Å²) in [6, 6.07) is 0. The van der Waals surface area contributed by atoms with Crippen molar-refractivity contribution in [3.63, 3.8) is 0 Å². The van der Waals surface area contributed by atoms with Crippen molar-refractivity contribution in [3.05, 3.63) is 0 Å². The monoisotopic (exact) mass is 182 g/mol. The lowest BCUT2D eigenvalue weighted by Gasteiger charge is -1.99. The Morgan fingerprint density at radius 2 is 1.73 bits per heavy atom. The van der Waals surface area contributed by atoms with Crippen molar-refractivity contribution in [2.75, 3.05) is 6.61 Å². The first kappa shape index (κ1) is 13.8. The molecule has 0 heterocycles. The molecule has 0 saturated carbocycles. The minimum absolute atomic E-state index is 0.421. The van der Waals surface area contributed by atoms with Gasteiger partial charge in [0.25, 0.3) is 0 Å². The standard InChI is InChI=1S/C4H10O2.C3H8OS/c1-3-6-4(2)5;1-2-3(4)5/h4-5H,3H2,1-2H3;3-5H,2H2,1H3. The van der Waals surface area contributed by atoms with Crippen LogP contribution in [0.5, 0.6) is 0 Å². The van der Waals surface area contributed by atoms with Gasteiger partial charge < -0.3 is 14.9 Å². The average Bonchev–Trinajstić information content (AvgIpc) is 1.89. The van der Waals surface area contributed by atoms with Gasteiger partial charge in [-0.1, -0.05) is 6.92 Å². The van der Waals surface area contributed by atoms with E-state index in [0.29, 0.717) is 6.61 Å². The smallest absolute Gasteiger partial charge is 0.151 e. The SMILES string of the molecule is CCC(O)S.CCOC(C)O. The fraction of sp³-hybridized carbons (Fsp3) is 1.00. The summed E-state index contributed by atoms with van der Waals surface area (Å²) in [6.07, 6.45) is 0.123. The molecule has 3 nitrogen and oxygen atoms in total. The number of aliphatic hydroxyl groups is 2. The summed E-state index contributed by atoms with van der Waals surface area (Å²) >= 11 is 3.65. The van der Waals surface area contributed by atoms with Crippen LogP contribution in [-0.2, 0) is 4.74 Å². The molecule has 0 fully saturated rings. The fourth-order valence-electron chi connectivity index (χ4n) is 0.241. The highest BCUT2D eigenvalue weighted by Gasteiger charge is 1.85. The van der Waals surface area contributed by atoms with Gasteiger partial charge in [-0.25, -0.2) is 0 Å². The van der Waals surface area contributed by atoms with Crippen molar-refractivity contribution >= 4 is 12.6 Å². The Labute approximate surface area is 73.8 Å². The molecule has 0 aliphatic carbocycles. The predicted octanol–water partition coefficient (Wildman–Crippen LogP) is 1.01. The molecule has 2 N–H and O–H groups in total. The van der Waals surface area contributed by atoms with Gasteiger partial charge in [-0.3, -0.25) is 0 Å². The molecule has 0 saturated heterocycles. The second kappa shape index (κ2) is 10.2. The van der Waals surface area contributed by atoms with E-state index in [4.69, 9.17) is 10.2 Å². The summed E-state index contributed by atoms with van der Waals surface area (Å²) in [5, 5.41) is 16.6. The first-order valence-electron chi connectivity index (χ1n) is 3.70. The van der Waals surface area contributed by atoms with Crippen LogP contribution in [0.15, 0.2) is 0 Å². The predicted molar refractivity (Wildman–Crippen MR) is 48.6 cm³/mol. The van der Waals surface area contributed by atoms with Crippen LogP contribution >= 0.6 is 12.6 Å². The van der Waals surface area contributed by atoms with Crippen molar-refractivity contribution in [1.29, 1.82) is 0 Å². The molecule has 11 heavy (non-hydrogen) atoms. The van der Waals surface area contributed by atoms with Crippen LogP contribution in [0.25, 0.3) is 0 Å². The molecule has 0 aromatic heterocycles. The van der Waals surface area contributed by atoms with Crippen molar-refractivity contribution in [3.8, 4) is 0 Å². The zero-order chi connectivity index (χ0) is 9.28. The van der Waals surface area contributed by atoms with Gasteiger partial charge in [-0.2, -0.15) is 0 Å². The topological polar surface area (TPSA) is 49.7 Å². The molecule has 0 amide bonds. The van der Waals surface area contributed by atoms with Crippen LogP contribution in [-0.4, -0.2) is 28.5 Å². The highest BCUT2D eigenvalue weighted by Crippen LogP contribution is 1.90. The molecule has 0 rings (SSSR count). The van der Waals surface area contributed by atoms with E-state index in [9.17, 15) is 0 Å². The third-order valence-electron chi connectivity index (χ3n) is 0.773. The first-order chi connectivity index (χ1) is 5.04. The molecule has 2 unspecified atom stereocenters. The minimum Gasteiger partial charge on any atom is -0.383 e. The molecule has 0 spiro atoms. The Kier molecular flexibility index (Phi) is 12.8. The number of ether oxygens (including phenoxy) is 1.